The maximum absolute atomic E-state index is 10.1. The maximum atomic E-state index is 10.1. The summed E-state index contributed by atoms with van der Waals surface area (Å²) in [6.07, 6.45) is 2.33. The Balaban J connectivity index is 2.82. The fraction of sp³-hybridized carbons (Fsp3) is 0.800. The number of halogens is 1. The largest absolute Gasteiger partial charge is 0.288 e. The molecule has 8 heavy (non-hydrogen) atoms. The molecule has 0 radical (unpaired) electrons. The van der Waals surface area contributed by atoms with Gasteiger partial charge in [0.1, 0.15) is 0 Å². The Morgan fingerprint density at radius 3 is 2.50 bits per heavy atom. The van der Waals surface area contributed by atoms with Crippen LogP contribution in [0.15, 0.2) is 0 Å². The van der Waals surface area contributed by atoms with Crippen LogP contribution in [0.1, 0.15) is 19.3 Å². The van der Waals surface area contributed by atoms with Crippen molar-refractivity contribution in [1.82, 2.24) is 0 Å². The highest BCUT2D eigenvalue weighted by molar-refractivity contribution is 7.96. The van der Waals surface area contributed by atoms with E-state index in [1.165, 1.54) is 0 Å². The van der Waals surface area contributed by atoms with Crippen LogP contribution in [-0.2, 0) is 4.79 Å². The molecule has 0 saturated carbocycles. The summed E-state index contributed by atoms with van der Waals surface area (Å²) in [4.78, 5) is 10.1. The molecule has 0 rings (SSSR count). The third kappa shape index (κ3) is 6.31. The maximum Gasteiger partial charge on any atom is 0.185 e. The molecular weight excluding hydrogens is 144 g/mol. The molecule has 0 unspecified atom stereocenters. The van der Waals surface area contributed by atoms with Gasteiger partial charge in [0, 0.05) is 12.3 Å². The Kier molecular flexibility index (Phi) is 5.66. The summed E-state index contributed by atoms with van der Waals surface area (Å²) < 4.78 is 0. The number of rotatable bonds is 4. The standard InChI is InChI=1S/C5H9ClOS/c6-4-2-1-3-5(7)8/h1-4H2,(H,7,8). The van der Waals surface area contributed by atoms with Gasteiger partial charge >= 0.3 is 0 Å². The van der Waals surface area contributed by atoms with Crippen molar-refractivity contribution in [2.24, 2.45) is 0 Å². The highest BCUT2D eigenvalue weighted by Gasteiger charge is 1.91. The number of carbonyl (C=O) groups excluding carboxylic acids is 1. The number of carbonyl (C=O) groups is 1. The third-order valence-electron chi connectivity index (χ3n) is 0.774. The van der Waals surface area contributed by atoms with Crippen molar-refractivity contribution in [1.29, 1.82) is 0 Å². The molecule has 0 bridgehead atoms. The van der Waals surface area contributed by atoms with Gasteiger partial charge in [-0.3, -0.25) is 4.79 Å². The summed E-state index contributed by atoms with van der Waals surface area (Å²) in [5.74, 6) is 0.640. The highest BCUT2D eigenvalue weighted by atomic mass is 35.5. The molecule has 0 aliphatic rings. The van der Waals surface area contributed by atoms with Crippen LogP contribution in [0, 0.1) is 0 Å². The van der Waals surface area contributed by atoms with Gasteiger partial charge in [0.15, 0.2) is 5.12 Å². The van der Waals surface area contributed by atoms with Crippen LogP contribution in [0.4, 0.5) is 0 Å². The summed E-state index contributed by atoms with van der Waals surface area (Å²) >= 11 is 8.94. The molecular formula is C5H9ClOS. The quantitative estimate of drug-likeness (QED) is 0.370. The molecule has 0 aliphatic carbocycles. The Hall–Kier alpha value is 0.310. The Morgan fingerprint density at radius 2 is 2.12 bits per heavy atom. The second-order valence-electron chi connectivity index (χ2n) is 1.54. The van der Waals surface area contributed by atoms with E-state index in [0.717, 1.165) is 12.8 Å². The fourth-order valence-electron chi connectivity index (χ4n) is 0.371. The summed E-state index contributed by atoms with van der Waals surface area (Å²) in [6, 6.07) is 0. The Labute approximate surface area is 59.8 Å². The van der Waals surface area contributed by atoms with Crippen molar-refractivity contribution in [3.8, 4) is 0 Å². The van der Waals surface area contributed by atoms with Gasteiger partial charge in [-0.15, -0.1) is 24.2 Å². The van der Waals surface area contributed by atoms with E-state index in [0.29, 0.717) is 12.3 Å². The first-order valence-corrected chi connectivity index (χ1v) is 3.53. The van der Waals surface area contributed by atoms with Crippen molar-refractivity contribution >= 4 is 29.3 Å². The van der Waals surface area contributed by atoms with E-state index >= 15 is 0 Å². The van der Waals surface area contributed by atoms with Crippen LogP contribution in [0.2, 0.25) is 0 Å². The molecule has 0 aromatic rings. The van der Waals surface area contributed by atoms with E-state index in [-0.39, 0.29) is 5.12 Å². The van der Waals surface area contributed by atoms with E-state index in [1.807, 2.05) is 0 Å². The summed E-state index contributed by atoms with van der Waals surface area (Å²) in [5.41, 5.74) is 0. The van der Waals surface area contributed by atoms with Gasteiger partial charge in [0.25, 0.3) is 0 Å². The predicted molar refractivity (Wildman–Crippen MR) is 38.6 cm³/mol. The summed E-state index contributed by atoms with van der Waals surface area (Å²) in [6.45, 7) is 0. The smallest absolute Gasteiger partial charge is 0.185 e. The van der Waals surface area contributed by atoms with E-state index in [1.54, 1.807) is 0 Å². The van der Waals surface area contributed by atoms with E-state index in [4.69, 9.17) is 11.6 Å². The lowest BCUT2D eigenvalue weighted by Gasteiger charge is -1.89. The van der Waals surface area contributed by atoms with Gasteiger partial charge in [-0.05, 0) is 12.8 Å². The molecule has 0 spiro atoms. The summed E-state index contributed by atoms with van der Waals surface area (Å²) in [5, 5.41) is -0.0462. The van der Waals surface area contributed by atoms with Crippen LogP contribution < -0.4 is 0 Å². The number of alkyl halides is 1. The van der Waals surface area contributed by atoms with Gasteiger partial charge in [-0.2, -0.15) is 0 Å². The number of unbranched alkanes of at least 4 members (excludes halogenated alkanes) is 1. The van der Waals surface area contributed by atoms with Gasteiger partial charge < -0.3 is 0 Å². The van der Waals surface area contributed by atoms with Gasteiger partial charge in [0.2, 0.25) is 0 Å². The van der Waals surface area contributed by atoms with Crippen LogP contribution >= 0.6 is 24.2 Å². The topological polar surface area (TPSA) is 17.1 Å². The van der Waals surface area contributed by atoms with Gasteiger partial charge in [-0.1, -0.05) is 0 Å². The first kappa shape index (κ1) is 8.31. The van der Waals surface area contributed by atoms with E-state index in [9.17, 15) is 4.79 Å². The normalized spacial score (nSPS) is 9.25. The zero-order valence-corrected chi connectivity index (χ0v) is 6.21. The van der Waals surface area contributed by atoms with Crippen LogP contribution in [0.25, 0.3) is 0 Å². The molecule has 0 aromatic heterocycles. The summed E-state index contributed by atoms with van der Waals surface area (Å²) in [7, 11) is 0. The average Bonchev–Trinajstić information content (AvgIpc) is 1.66. The van der Waals surface area contributed by atoms with Crippen LogP contribution in [-0.4, -0.2) is 11.0 Å². The Morgan fingerprint density at radius 1 is 1.50 bits per heavy atom. The predicted octanol–water partition coefficient (Wildman–Crippen LogP) is 1.85. The molecule has 0 saturated heterocycles. The molecule has 0 aromatic carbocycles. The molecule has 48 valence electrons. The first-order valence-electron chi connectivity index (χ1n) is 2.55. The zero-order chi connectivity index (χ0) is 6.41. The Bertz CT molecular complexity index is 74.8. The van der Waals surface area contributed by atoms with Crippen molar-refractivity contribution in [2.75, 3.05) is 5.88 Å². The van der Waals surface area contributed by atoms with E-state index in [2.05, 4.69) is 12.6 Å². The molecule has 1 nitrogen and oxygen atoms in total. The van der Waals surface area contributed by atoms with Gasteiger partial charge in [0.05, 0.1) is 0 Å². The number of hydrogen-bond acceptors (Lipinski definition) is 1. The molecule has 0 atom stereocenters. The highest BCUT2D eigenvalue weighted by Crippen LogP contribution is 1.99. The number of hydrogen-bond donors (Lipinski definition) is 1. The minimum absolute atomic E-state index is 0.0462. The fourth-order valence-corrected chi connectivity index (χ4v) is 0.718. The molecule has 0 N–H and O–H groups in total. The molecule has 0 aliphatic heterocycles. The zero-order valence-electron chi connectivity index (χ0n) is 4.56. The lowest BCUT2D eigenvalue weighted by molar-refractivity contribution is -0.110. The molecule has 3 heteroatoms. The molecule has 0 amide bonds. The van der Waals surface area contributed by atoms with Crippen molar-refractivity contribution in [2.45, 2.75) is 19.3 Å². The number of thiol groups is 1. The van der Waals surface area contributed by atoms with Crippen LogP contribution in [0.5, 0.6) is 0 Å². The van der Waals surface area contributed by atoms with Crippen molar-refractivity contribution in [3.63, 3.8) is 0 Å². The third-order valence-corrected chi connectivity index (χ3v) is 1.27. The second-order valence-corrected chi connectivity index (χ2v) is 2.42. The first-order chi connectivity index (χ1) is 3.77. The van der Waals surface area contributed by atoms with Crippen molar-refractivity contribution in [3.05, 3.63) is 0 Å². The lowest BCUT2D eigenvalue weighted by Crippen LogP contribution is -1.85. The van der Waals surface area contributed by atoms with Crippen LogP contribution in [0.3, 0.4) is 0 Å². The average molecular weight is 153 g/mol. The lowest BCUT2D eigenvalue weighted by atomic mass is 10.3. The molecule has 0 heterocycles. The SMILES string of the molecule is O=C(S)CCCCCl. The monoisotopic (exact) mass is 152 g/mol. The second kappa shape index (κ2) is 5.45. The molecule has 0 fully saturated rings. The van der Waals surface area contributed by atoms with Gasteiger partial charge in [-0.25, -0.2) is 0 Å². The van der Waals surface area contributed by atoms with Crippen molar-refractivity contribution < 1.29 is 4.79 Å². The minimum Gasteiger partial charge on any atom is -0.288 e. The van der Waals surface area contributed by atoms with E-state index < -0.39 is 0 Å². The minimum atomic E-state index is -0.0462.